The second-order valence-electron chi connectivity index (χ2n) is 5.77. The molecule has 1 aliphatic heterocycles. The summed E-state index contributed by atoms with van der Waals surface area (Å²) in [6, 6.07) is 13.3. The van der Waals surface area contributed by atoms with Crippen molar-refractivity contribution in [2.45, 2.75) is 6.04 Å². The minimum Gasteiger partial charge on any atom is -0.493 e. The van der Waals surface area contributed by atoms with E-state index in [0.29, 0.717) is 22.5 Å². The number of halogens is 1. The van der Waals surface area contributed by atoms with Gasteiger partial charge in [-0.2, -0.15) is 10.1 Å². The number of benzene rings is 2. The quantitative estimate of drug-likeness (QED) is 0.754. The Morgan fingerprint density at radius 2 is 1.88 bits per heavy atom. The summed E-state index contributed by atoms with van der Waals surface area (Å²) < 4.78 is 12.9. The molecule has 1 aromatic heterocycles. The van der Waals surface area contributed by atoms with Crippen LogP contribution in [0.1, 0.15) is 17.2 Å². The zero-order valence-electron chi connectivity index (χ0n) is 14.3. The predicted molar refractivity (Wildman–Crippen MR) is 101 cm³/mol. The molecule has 1 N–H and O–H groups in total. The summed E-state index contributed by atoms with van der Waals surface area (Å²) in [5.41, 5.74) is 2.87. The van der Waals surface area contributed by atoms with E-state index in [9.17, 15) is 0 Å². The number of ether oxygens (including phenoxy) is 2. The number of fused-ring (bicyclic) bond motifs is 1. The lowest BCUT2D eigenvalue weighted by Crippen LogP contribution is -2.20. The summed E-state index contributed by atoms with van der Waals surface area (Å²) in [5, 5.41) is 8.38. The molecule has 4 rings (SSSR count). The Labute approximate surface area is 156 Å². The first kappa shape index (κ1) is 16.5. The molecule has 0 spiro atoms. The van der Waals surface area contributed by atoms with Crippen molar-refractivity contribution in [1.82, 2.24) is 14.8 Å². The van der Waals surface area contributed by atoms with E-state index >= 15 is 0 Å². The van der Waals surface area contributed by atoms with Gasteiger partial charge in [0, 0.05) is 16.3 Å². The van der Waals surface area contributed by atoms with Gasteiger partial charge in [-0.05, 0) is 29.8 Å². The molecule has 1 atom stereocenters. The van der Waals surface area contributed by atoms with Crippen LogP contribution in [0.25, 0.3) is 5.70 Å². The Morgan fingerprint density at radius 1 is 1.08 bits per heavy atom. The Bertz CT molecular complexity index is 966. The highest BCUT2D eigenvalue weighted by atomic mass is 35.5. The maximum absolute atomic E-state index is 6.01. The van der Waals surface area contributed by atoms with E-state index in [1.807, 2.05) is 47.1 Å². The average molecular weight is 369 g/mol. The highest BCUT2D eigenvalue weighted by Gasteiger charge is 2.27. The summed E-state index contributed by atoms with van der Waals surface area (Å²) in [6.45, 7) is 0. The summed E-state index contributed by atoms with van der Waals surface area (Å²) in [5.74, 6) is 2.01. The second-order valence-corrected chi connectivity index (χ2v) is 6.20. The van der Waals surface area contributed by atoms with Gasteiger partial charge in [0.15, 0.2) is 11.5 Å². The van der Waals surface area contributed by atoms with Gasteiger partial charge in [0.1, 0.15) is 12.4 Å². The Hall–Kier alpha value is -2.99. The number of anilines is 1. The van der Waals surface area contributed by atoms with Crippen molar-refractivity contribution >= 4 is 23.2 Å². The van der Waals surface area contributed by atoms with Crippen molar-refractivity contribution in [3.05, 3.63) is 71.0 Å². The van der Waals surface area contributed by atoms with Crippen molar-refractivity contribution in [1.29, 1.82) is 0 Å². The molecular weight excluding hydrogens is 352 g/mol. The molecule has 0 amide bonds. The van der Waals surface area contributed by atoms with E-state index in [-0.39, 0.29) is 6.04 Å². The Morgan fingerprint density at radius 3 is 2.62 bits per heavy atom. The number of nitrogens with one attached hydrogen (secondary N) is 1. The fourth-order valence-electron chi connectivity index (χ4n) is 3.10. The number of nitrogens with zero attached hydrogens (tertiary/aromatic N) is 3. The van der Waals surface area contributed by atoms with Gasteiger partial charge in [0.25, 0.3) is 0 Å². The molecule has 0 aliphatic carbocycles. The third-order valence-corrected chi connectivity index (χ3v) is 4.57. The van der Waals surface area contributed by atoms with E-state index in [4.69, 9.17) is 21.1 Å². The molecule has 0 saturated carbocycles. The van der Waals surface area contributed by atoms with Gasteiger partial charge in [-0.25, -0.2) is 4.68 Å². The van der Waals surface area contributed by atoms with Gasteiger partial charge in [-0.15, -0.1) is 0 Å². The van der Waals surface area contributed by atoms with Crippen LogP contribution in [0.3, 0.4) is 0 Å². The maximum atomic E-state index is 6.01. The summed E-state index contributed by atoms with van der Waals surface area (Å²) >= 11 is 6.01. The molecule has 7 heteroatoms. The van der Waals surface area contributed by atoms with Crippen LogP contribution in [-0.2, 0) is 0 Å². The SMILES string of the molecule is COc1cccc(C2C=C(c3ccc(Cl)cc3)Nc3ncnn32)c1OC. The first-order chi connectivity index (χ1) is 12.7. The monoisotopic (exact) mass is 368 g/mol. The normalized spacial score (nSPS) is 15.7. The van der Waals surface area contributed by atoms with Crippen LogP contribution < -0.4 is 14.8 Å². The number of aromatic nitrogens is 3. The largest absolute Gasteiger partial charge is 0.493 e. The standard InChI is InChI=1S/C19H17ClN4O2/c1-25-17-5-3-4-14(18(17)26-2)16-10-15(12-6-8-13(20)9-7-12)23-19-21-11-22-24(16)19/h3-11,16H,1-2H3,(H,21,22,23). The third-order valence-electron chi connectivity index (χ3n) is 4.31. The van der Waals surface area contributed by atoms with E-state index in [0.717, 1.165) is 16.8 Å². The number of allylic oxidation sites excluding steroid dienone is 1. The van der Waals surface area contributed by atoms with Crippen molar-refractivity contribution in [3.63, 3.8) is 0 Å². The molecule has 6 nitrogen and oxygen atoms in total. The van der Waals surface area contributed by atoms with Crippen LogP contribution in [0.15, 0.2) is 54.9 Å². The highest BCUT2D eigenvalue weighted by Crippen LogP contribution is 2.40. The van der Waals surface area contributed by atoms with E-state index < -0.39 is 0 Å². The van der Waals surface area contributed by atoms with Crippen LogP contribution in [0.2, 0.25) is 5.02 Å². The van der Waals surface area contributed by atoms with Gasteiger partial charge in [-0.1, -0.05) is 35.9 Å². The fraction of sp³-hybridized carbons (Fsp3) is 0.158. The highest BCUT2D eigenvalue weighted by molar-refractivity contribution is 6.30. The molecule has 2 heterocycles. The number of rotatable bonds is 4. The third kappa shape index (κ3) is 2.78. The Balaban J connectivity index is 1.85. The maximum Gasteiger partial charge on any atom is 0.226 e. The van der Waals surface area contributed by atoms with Crippen molar-refractivity contribution in [3.8, 4) is 11.5 Å². The van der Waals surface area contributed by atoms with Gasteiger partial charge in [0.2, 0.25) is 5.95 Å². The molecule has 3 aromatic rings. The number of methoxy groups -OCH3 is 2. The minimum absolute atomic E-state index is 0.190. The topological polar surface area (TPSA) is 61.2 Å². The van der Waals surface area contributed by atoms with Crippen molar-refractivity contribution in [2.75, 3.05) is 19.5 Å². The lowest BCUT2D eigenvalue weighted by atomic mass is 10.0. The molecule has 0 fully saturated rings. The molecule has 0 saturated heterocycles. The lowest BCUT2D eigenvalue weighted by molar-refractivity contribution is 0.349. The first-order valence-electron chi connectivity index (χ1n) is 8.06. The van der Waals surface area contributed by atoms with Gasteiger partial charge < -0.3 is 14.8 Å². The predicted octanol–water partition coefficient (Wildman–Crippen LogP) is 4.00. The van der Waals surface area contributed by atoms with Gasteiger partial charge in [0.05, 0.1) is 14.2 Å². The molecule has 132 valence electrons. The molecule has 1 aliphatic rings. The van der Waals surface area contributed by atoms with Gasteiger partial charge in [-0.3, -0.25) is 0 Å². The average Bonchev–Trinajstić information content (AvgIpc) is 3.15. The summed E-state index contributed by atoms with van der Waals surface area (Å²) in [4.78, 5) is 4.33. The van der Waals surface area contributed by atoms with Crippen LogP contribution in [0.5, 0.6) is 11.5 Å². The molecular formula is C19H17ClN4O2. The molecule has 26 heavy (non-hydrogen) atoms. The zero-order chi connectivity index (χ0) is 18.1. The second kappa shape index (κ2) is 6.72. The zero-order valence-corrected chi connectivity index (χ0v) is 15.1. The first-order valence-corrected chi connectivity index (χ1v) is 8.44. The number of hydrogen-bond donors (Lipinski definition) is 1. The van der Waals surface area contributed by atoms with Crippen molar-refractivity contribution < 1.29 is 9.47 Å². The minimum atomic E-state index is -0.190. The molecule has 0 bridgehead atoms. The molecule has 1 unspecified atom stereocenters. The number of hydrogen-bond acceptors (Lipinski definition) is 5. The summed E-state index contributed by atoms with van der Waals surface area (Å²) in [6.07, 6.45) is 3.61. The fourth-order valence-corrected chi connectivity index (χ4v) is 3.22. The molecule has 2 aromatic carbocycles. The Kier molecular flexibility index (Phi) is 4.26. The van der Waals surface area contributed by atoms with Gasteiger partial charge >= 0.3 is 0 Å². The number of para-hydroxylation sites is 1. The van der Waals surface area contributed by atoms with Crippen molar-refractivity contribution in [2.24, 2.45) is 0 Å². The van der Waals surface area contributed by atoms with E-state index in [2.05, 4.69) is 21.5 Å². The molecule has 0 radical (unpaired) electrons. The smallest absolute Gasteiger partial charge is 0.226 e. The van der Waals surface area contributed by atoms with Crippen LogP contribution in [-0.4, -0.2) is 29.0 Å². The van der Waals surface area contributed by atoms with E-state index in [1.165, 1.54) is 6.33 Å². The van der Waals surface area contributed by atoms with E-state index in [1.54, 1.807) is 14.2 Å². The van der Waals surface area contributed by atoms with Crippen LogP contribution in [0.4, 0.5) is 5.95 Å². The van der Waals surface area contributed by atoms with Crippen LogP contribution >= 0.6 is 11.6 Å². The van der Waals surface area contributed by atoms with Crippen LogP contribution in [0, 0.1) is 0 Å². The summed E-state index contributed by atoms with van der Waals surface area (Å²) in [7, 11) is 3.26. The lowest BCUT2D eigenvalue weighted by Gasteiger charge is -2.26.